The van der Waals surface area contributed by atoms with Crippen LogP contribution in [0, 0.1) is 11.3 Å². The number of carbonyl (C=O) groups excluding carboxylic acids is 1. The molecule has 3 unspecified atom stereocenters. The van der Waals surface area contributed by atoms with Gasteiger partial charge in [0.15, 0.2) is 0 Å². The molecule has 20 heavy (non-hydrogen) atoms. The fourth-order valence-corrected chi connectivity index (χ4v) is 3.71. The highest BCUT2D eigenvalue weighted by Gasteiger charge is 2.47. The summed E-state index contributed by atoms with van der Waals surface area (Å²) in [7, 11) is 0. The van der Waals surface area contributed by atoms with Crippen LogP contribution in [0.2, 0.25) is 0 Å². The van der Waals surface area contributed by atoms with Crippen molar-refractivity contribution in [3.63, 3.8) is 0 Å². The smallest absolute Gasteiger partial charge is 0.241 e. The second-order valence-electron chi connectivity index (χ2n) is 6.72. The van der Waals surface area contributed by atoms with Crippen LogP contribution in [0.3, 0.4) is 0 Å². The zero-order valence-electron chi connectivity index (χ0n) is 12.6. The monoisotopic (exact) mass is 292 g/mol. The molecule has 3 nitrogen and oxygen atoms in total. The summed E-state index contributed by atoms with van der Waals surface area (Å²) >= 11 is 1.74. The van der Waals surface area contributed by atoms with Crippen LogP contribution in [0.1, 0.15) is 51.1 Å². The molecule has 3 rings (SSSR count). The molecule has 1 aromatic rings. The molecule has 3 atom stereocenters. The average molecular weight is 292 g/mol. The summed E-state index contributed by atoms with van der Waals surface area (Å²) in [6.45, 7) is 7.52. The second-order valence-corrected chi connectivity index (χ2v) is 7.70. The van der Waals surface area contributed by atoms with Crippen molar-refractivity contribution in [1.82, 2.24) is 10.2 Å². The van der Waals surface area contributed by atoms with Crippen molar-refractivity contribution in [3.05, 3.63) is 22.4 Å². The minimum absolute atomic E-state index is 0.0190. The maximum atomic E-state index is 12.8. The van der Waals surface area contributed by atoms with E-state index in [0.717, 1.165) is 13.0 Å². The third-order valence-corrected chi connectivity index (χ3v) is 5.80. The number of rotatable bonds is 5. The Morgan fingerprint density at radius 1 is 1.55 bits per heavy atom. The Morgan fingerprint density at radius 2 is 2.30 bits per heavy atom. The first-order valence-corrected chi connectivity index (χ1v) is 8.52. The molecule has 0 bridgehead atoms. The van der Waals surface area contributed by atoms with E-state index >= 15 is 0 Å². The Balaban J connectivity index is 1.84. The van der Waals surface area contributed by atoms with E-state index in [1.807, 2.05) is 0 Å². The van der Waals surface area contributed by atoms with Crippen molar-refractivity contribution in [3.8, 4) is 0 Å². The van der Waals surface area contributed by atoms with Crippen LogP contribution < -0.4 is 5.32 Å². The van der Waals surface area contributed by atoms with Crippen molar-refractivity contribution in [2.24, 2.45) is 11.3 Å². The predicted molar refractivity (Wildman–Crippen MR) is 82.5 cm³/mol. The molecule has 2 heterocycles. The standard InChI is InChI=1S/C16H24N2OS/c1-4-11(2)13-15(19)18(10-16(3)7-8-16)14(17-13)12-6-5-9-20-12/h5-6,9,11,13-14,17H,4,7-8,10H2,1-3H3. The molecule has 0 radical (unpaired) electrons. The minimum Gasteiger partial charge on any atom is -0.320 e. The molecule has 4 heteroatoms. The van der Waals surface area contributed by atoms with E-state index in [2.05, 4.69) is 48.5 Å². The Kier molecular flexibility index (Phi) is 3.63. The predicted octanol–water partition coefficient (Wildman–Crippen LogP) is 3.39. The van der Waals surface area contributed by atoms with Gasteiger partial charge in [-0.2, -0.15) is 0 Å². The number of hydrogen-bond donors (Lipinski definition) is 1. The summed E-state index contributed by atoms with van der Waals surface area (Å²) < 4.78 is 0. The molecule has 0 spiro atoms. The largest absolute Gasteiger partial charge is 0.320 e. The van der Waals surface area contributed by atoms with E-state index in [9.17, 15) is 4.79 Å². The van der Waals surface area contributed by atoms with Gasteiger partial charge in [-0.05, 0) is 35.6 Å². The van der Waals surface area contributed by atoms with Gasteiger partial charge in [-0.25, -0.2) is 0 Å². The highest BCUT2D eigenvalue weighted by atomic mass is 32.1. The topological polar surface area (TPSA) is 32.3 Å². The van der Waals surface area contributed by atoms with Gasteiger partial charge in [0, 0.05) is 11.4 Å². The molecule has 1 amide bonds. The first-order valence-electron chi connectivity index (χ1n) is 7.64. The van der Waals surface area contributed by atoms with E-state index < -0.39 is 0 Å². The van der Waals surface area contributed by atoms with Crippen LogP contribution in [0.25, 0.3) is 0 Å². The van der Waals surface area contributed by atoms with Crippen molar-refractivity contribution in [2.75, 3.05) is 6.54 Å². The van der Waals surface area contributed by atoms with Crippen molar-refractivity contribution in [2.45, 2.75) is 52.2 Å². The SMILES string of the molecule is CCC(C)C1NC(c2cccs2)N(CC2(C)CC2)C1=O. The molecule has 0 aromatic carbocycles. The molecule has 1 aliphatic heterocycles. The van der Waals surface area contributed by atoms with Gasteiger partial charge >= 0.3 is 0 Å². The molecular weight excluding hydrogens is 268 g/mol. The summed E-state index contributed by atoms with van der Waals surface area (Å²) in [6.07, 6.45) is 3.62. The lowest BCUT2D eigenvalue weighted by Crippen LogP contribution is -2.37. The maximum absolute atomic E-state index is 12.8. The lowest BCUT2D eigenvalue weighted by Gasteiger charge is -2.26. The molecule has 1 aromatic heterocycles. The first kappa shape index (κ1) is 14.1. The van der Waals surface area contributed by atoms with Gasteiger partial charge in [0.1, 0.15) is 6.17 Å². The van der Waals surface area contributed by atoms with Crippen molar-refractivity contribution < 1.29 is 4.79 Å². The lowest BCUT2D eigenvalue weighted by atomic mass is 9.99. The minimum atomic E-state index is -0.0190. The van der Waals surface area contributed by atoms with Gasteiger partial charge in [0.05, 0.1) is 6.04 Å². The molecule has 2 aliphatic rings. The lowest BCUT2D eigenvalue weighted by molar-refractivity contribution is -0.131. The summed E-state index contributed by atoms with van der Waals surface area (Å²) in [5.41, 5.74) is 0.358. The number of nitrogens with one attached hydrogen (secondary N) is 1. The number of thiophene rings is 1. The van der Waals surface area contributed by atoms with E-state index in [0.29, 0.717) is 17.2 Å². The summed E-state index contributed by atoms with van der Waals surface area (Å²) in [4.78, 5) is 16.1. The first-order chi connectivity index (χ1) is 9.54. The third-order valence-electron chi connectivity index (χ3n) is 4.88. The molecule has 1 saturated heterocycles. The number of hydrogen-bond acceptors (Lipinski definition) is 3. The maximum Gasteiger partial charge on any atom is 0.241 e. The fraction of sp³-hybridized carbons (Fsp3) is 0.688. The molecule has 1 aliphatic carbocycles. The fourth-order valence-electron chi connectivity index (χ4n) is 2.92. The summed E-state index contributed by atoms with van der Waals surface area (Å²) in [5, 5.41) is 5.67. The van der Waals surface area contributed by atoms with E-state index in [1.54, 1.807) is 11.3 Å². The number of carbonyl (C=O) groups is 1. The van der Waals surface area contributed by atoms with Crippen LogP contribution in [0.15, 0.2) is 17.5 Å². The molecule has 1 saturated carbocycles. The highest BCUT2D eigenvalue weighted by Crippen LogP contribution is 2.47. The van der Waals surface area contributed by atoms with E-state index in [1.165, 1.54) is 17.7 Å². The van der Waals surface area contributed by atoms with Crippen LogP contribution in [0.4, 0.5) is 0 Å². The molecule has 1 N–H and O–H groups in total. The molecular formula is C16H24N2OS. The van der Waals surface area contributed by atoms with Gasteiger partial charge in [-0.1, -0.05) is 33.3 Å². The second kappa shape index (κ2) is 5.15. The van der Waals surface area contributed by atoms with Crippen LogP contribution in [-0.2, 0) is 4.79 Å². The van der Waals surface area contributed by atoms with Gasteiger partial charge < -0.3 is 4.90 Å². The third kappa shape index (κ3) is 2.51. The normalized spacial score (nSPS) is 29.8. The van der Waals surface area contributed by atoms with Gasteiger partial charge in [-0.15, -0.1) is 11.3 Å². The van der Waals surface area contributed by atoms with Gasteiger partial charge in [0.25, 0.3) is 0 Å². The average Bonchev–Trinajstić information content (AvgIpc) is 2.85. The van der Waals surface area contributed by atoms with E-state index in [4.69, 9.17) is 0 Å². The van der Waals surface area contributed by atoms with Gasteiger partial charge in [-0.3, -0.25) is 10.1 Å². The summed E-state index contributed by atoms with van der Waals surface area (Å²) in [6, 6.07) is 4.19. The van der Waals surface area contributed by atoms with Gasteiger partial charge in [0.2, 0.25) is 5.91 Å². The van der Waals surface area contributed by atoms with Crippen LogP contribution in [0.5, 0.6) is 0 Å². The Hall–Kier alpha value is -0.870. The Morgan fingerprint density at radius 3 is 2.85 bits per heavy atom. The van der Waals surface area contributed by atoms with Crippen molar-refractivity contribution in [1.29, 1.82) is 0 Å². The number of nitrogens with zero attached hydrogens (tertiary/aromatic N) is 1. The molecule has 2 fully saturated rings. The number of amides is 1. The summed E-state index contributed by atoms with van der Waals surface area (Å²) in [5.74, 6) is 0.688. The molecule has 110 valence electrons. The highest BCUT2D eigenvalue weighted by molar-refractivity contribution is 7.10. The quantitative estimate of drug-likeness (QED) is 0.902. The zero-order valence-corrected chi connectivity index (χ0v) is 13.4. The Bertz CT molecular complexity index is 481. The zero-order chi connectivity index (χ0) is 14.3. The Labute approximate surface area is 125 Å². The van der Waals surface area contributed by atoms with Crippen LogP contribution >= 0.6 is 11.3 Å². The van der Waals surface area contributed by atoms with Crippen molar-refractivity contribution >= 4 is 17.2 Å². The van der Waals surface area contributed by atoms with Crippen LogP contribution in [-0.4, -0.2) is 23.4 Å². The van der Waals surface area contributed by atoms with E-state index in [-0.39, 0.29) is 12.2 Å².